The van der Waals surface area contributed by atoms with Gasteiger partial charge in [-0.05, 0) is 59.7 Å². The molecule has 1 aromatic rings. The number of nitrogens with one attached hydrogen (secondary N) is 1. The van der Waals surface area contributed by atoms with Gasteiger partial charge in [0.2, 0.25) is 0 Å². The topological polar surface area (TPSA) is 50.1 Å². The molecule has 17 heavy (non-hydrogen) atoms. The number of aromatic nitrogens is 2. The highest BCUT2D eigenvalue weighted by atomic mass is 16.3. The largest absolute Gasteiger partial charge is 0.390 e. The Bertz CT molecular complexity index is 339. The second kappa shape index (κ2) is 6.17. The molecule has 0 aliphatic carbocycles. The van der Waals surface area contributed by atoms with E-state index in [4.69, 9.17) is 0 Å². The molecule has 98 valence electrons. The number of hydrogen-bond acceptors (Lipinski definition) is 3. The molecule has 0 aliphatic heterocycles. The molecule has 0 aliphatic rings. The van der Waals surface area contributed by atoms with Crippen LogP contribution in [0.5, 0.6) is 0 Å². The molecule has 1 rings (SSSR count). The second-order valence-corrected chi connectivity index (χ2v) is 5.32. The number of hydrogen-bond donors (Lipinski definition) is 2. The highest BCUT2D eigenvalue weighted by Gasteiger charge is 2.10. The molecule has 0 spiro atoms. The summed E-state index contributed by atoms with van der Waals surface area (Å²) in [4.78, 5) is 0. The Balaban J connectivity index is 2.11. The molecule has 0 unspecified atom stereocenters. The van der Waals surface area contributed by atoms with E-state index in [1.165, 1.54) is 5.69 Å². The first-order valence-corrected chi connectivity index (χ1v) is 6.33. The quantitative estimate of drug-likeness (QED) is 0.711. The van der Waals surface area contributed by atoms with E-state index in [1.54, 1.807) is 0 Å². The lowest BCUT2D eigenvalue weighted by Gasteiger charge is -2.16. The van der Waals surface area contributed by atoms with Crippen LogP contribution >= 0.6 is 0 Å². The fraction of sp³-hybridized carbons (Fsp3) is 0.769. The Morgan fingerprint density at radius 1 is 1.35 bits per heavy atom. The van der Waals surface area contributed by atoms with Crippen molar-refractivity contribution in [2.24, 2.45) is 0 Å². The highest BCUT2D eigenvalue weighted by molar-refractivity contribution is 5.06. The predicted octanol–water partition coefficient (Wildman–Crippen LogP) is 1.64. The minimum atomic E-state index is -0.567. The molecule has 0 amide bonds. The van der Waals surface area contributed by atoms with Crippen LogP contribution in [0, 0.1) is 13.8 Å². The summed E-state index contributed by atoms with van der Waals surface area (Å²) in [5, 5.41) is 17.3. The maximum absolute atomic E-state index is 9.54. The first kappa shape index (κ1) is 14.2. The summed E-state index contributed by atoms with van der Waals surface area (Å²) in [6.07, 6.45) is 1.85. The van der Waals surface area contributed by atoms with Gasteiger partial charge in [0.1, 0.15) is 0 Å². The van der Waals surface area contributed by atoms with Crippen LogP contribution in [0.4, 0.5) is 0 Å². The molecule has 4 nitrogen and oxygen atoms in total. The zero-order chi connectivity index (χ0) is 12.9. The molecule has 0 saturated heterocycles. The third kappa shape index (κ3) is 5.84. The van der Waals surface area contributed by atoms with Crippen LogP contribution in [0.2, 0.25) is 0 Å². The van der Waals surface area contributed by atoms with Crippen LogP contribution in [-0.4, -0.2) is 33.6 Å². The Hall–Kier alpha value is -0.870. The fourth-order valence-corrected chi connectivity index (χ4v) is 1.77. The third-order valence-corrected chi connectivity index (χ3v) is 2.74. The summed E-state index contributed by atoms with van der Waals surface area (Å²) < 4.78 is 2.05. The molecule has 0 saturated carbocycles. The number of rotatable bonds is 7. The van der Waals surface area contributed by atoms with Gasteiger partial charge in [-0.2, -0.15) is 5.10 Å². The van der Waals surface area contributed by atoms with Gasteiger partial charge in [0.15, 0.2) is 0 Å². The van der Waals surface area contributed by atoms with Gasteiger partial charge in [-0.15, -0.1) is 0 Å². The van der Waals surface area contributed by atoms with Crippen molar-refractivity contribution in [3.05, 3.63) is 17.5 Å². The van der Waals surface area contributed by atoms with Gasteiger partial charge >= 0.3 is 0 Å². The van der Waals surface area contributed by atoms with E-state index in [1.807, 2.05) is 25.5 Å². The predicted molar refractivity (Wildman–Crippen MR) is 70.1 cm³/mol. The first-order valence-electron chi connectivity index (χ1n) is 6.33. The zero-order valence-electron chi connectivity index (χ0n) is 11.5. The van der Waals surface area contributed by atoms with Gasteiger partial charge in [-0.1, -0.05) is 0 Å². The van der Waals surface area contributed by atoms with E-state index in [-0.39, 0.29) is 0 Å². The summed E-state index contributed by atoms with van der Waals surface area (Å²) in [6.45, 7) is 10.6. The van der Waals surface area contributed by atoms with Gasteiger partial charge in [0, 0.05) is 12.2 Å². The number of aliphatic hydroxyl groups is 1. The average Bonchev–Trinajstić information content (AvgIpc) is 2.49. The summed E-state index contributed by atoms with van der Waals surface area (Å²) >= 11 is 0. The van der Waals surface area contributed by atoms with E-state index in [9.17, 15) is 5.11 Å². The van der Waals surface area contributed by atoms with E-state index in [2.05, 4.69) is 23.4 Å². The average molecular weight is 239 g/mol. The van der Waals surface area contributed by atoms with Crippen molar-refractivity contribution in [3.8, 4) is 0 Å². The highest BCUT2D eigenvalue weighted by Crippen LogP contribution is 2.05. The Labute approximate surface area is 104 Å². The van der Waals surface area contributed by atoms with Gasteiger partial charge < -0.3 is 10.4 Å². The van der Waals surface area contributed by atoms with Crippen molar-refractivity contribution < 1.29 is 5.11 Å². The monoisotopic (exact) mass is 239 g/mol. The van der Waals surface area contributed by atoms with Crippen LogP contribution in [0.3, 0.4) is 0 Å². The molecule has 1 heterocycles. The van der Waals surface area contributed by atoms with E-state index >= 15 is 0 Å². The molecule has 0 bridgehead atoms. The number of nitrogens with zero attached hydrogens (tertiary/aromatic N) is 2. The van der Waals surface area contributed by atoms with Crippen molar-refractivity contribution >= 4 is 0 Å². The Morgan fingerprint density at radius 3 is 2.59 bits per heavy atom. The van der Waals surface area contributed by atoms with Gasteiger partial charge in [0.05, 0.1) is 11.3 Å². The van der Waals surface area contributed by atoms with Crippen molar-refractivity contribution in [2.75, 3.05) is 13.1 Å². The van der Waals surface area contributed by atoms with Gasteiger partial charge in [0.25, 0.3) is 0 Å². The lowest BCUT2D eigenvalue weighted by molar-refractivity contribution is 0.0712. The maximum atomic E-state index is 9.54. The molecule has 2 N–H and O–H groups in total. The molecule has 0 fully saturated rings. The van der Waals surface area contributed by atoms with Gasteiger partial charge in [-0.25, -0.2) is 0 Å². The summed E-state index contributed by atoms with van der Waals surface area (Å²) in [7, 11) is 0. The van der Waals surface area contributed by atoms with Gasteiger partial charge in [-0.3, -0.25) is 4.68 Å². The molecule has 0 radical (unpaired) electrons. The van der Waals surface area contributed by atoms with Crippen LogP contribution in [0.25, 0.3) is 0 Å². The SMILES string of the molecule is Cc1cc(C)n(CCCNCCC(C)(C)O)n1. The standard InChI is InChI=1S/C13H25N3O/c1-11-10-12(2)16(15-11)9-5-7-14-8-6-13(3,4)17/h10,14,17H,5-9H2,1-4H3. The lowest BCUT2D eigenvalue weighted by atomic mass is 10.1. The molecule has 0 atom stereocenters. The molecular weight excluding hydrogens is 214 g/mol. The summed E-state index contributed by atoms with van der Waals surface area (Å²) in [6, 6.07) is 2.10. The zero-order valence-corrected chi connectivity index (χ0v) is 11.5. The van der Waals surface area contributed by atoms with Crippen molar-refractivity contribution in [1.29, 1.82) is 0 Å². The van der Waals surface area contributed by atoms with E-state index < -0.39 is 5.60 Å². The minimum Gasteiger partial charge on any atom is -0.390 e. The van der Waals surface area contributed by atoms with Crippen LogP contribution in [0.1, 0.15) is 38.1 Å². The maximum Gasteiger partial charge on any atom is 0.0603 e. The fourth-order valence-electron chi connectivity index (χ4n) is 1.77. The second-order valence-electron chi connectivity index (χ2n) is 5.32. The first-order chi connectivity index (χ1) is 7.88. The van der Waals surface area contributed by atoms with E-state index in [0.29, 0.717) is 0 Å². The number of aryl methyl sites for hydroxylation is 3. The molecular formula is C13H25N3O. The van der Waals surface area contributed by atoms with Crippen LogP contribution in [-0.2, 0) is 6.54 Å². The van der Waals surface area contributed by atoms with Crippen molar-refractivity contribution in [2.45, 2.75) is 52.7 Å². The minimum absolute atomic E-state index is 0.567. The van der Waals surface area contributed by atoms with Crippen molar-refractivity contribution in [1.82, 2.24) is 15.1 Å². The van der Waals surface area contributed by atoms with E-state index in [0.717, 1.165) is 38.2 Å². The molecule has 0 aromatic carbocycles. The van der Waals surface area contributed by atoms with Crippen LogP contribution < -0.4 is 5.32 Å². The smallest absolute Gasteiger partial charge is 0.0603 e. The normalized spacial score (nSPS) is 12.1. The Morgan fingerprint density at radius 2 is 2.06 bits per heavy atom. The third-order valence-electron chi connectivity index (χ3n) is 2.74. The summed E-state index contributed by atoms with van der Waals surface area (Å²) in [5.74, 6) is 0. The summed E-state index contributed by atoms with van der Waals surface area (Å²) in [5.41, 5.74) is 1.74. The van der Waals surface area contributed by atoms with Crippen molar-refractivity contribution in [3.63, 3.8) is 0 Å². The van der Waals surface area contributed by atoms with Crippen LogP contribution in [0.15, 0.2) is 6.07 Å². The Kier molecular flexibility index (Phi) is 5.15. The lowest BCUT2D eigenvalue weighted by Crippen LogP contribution is -2.27. The molecule has 4 heteroatoms. The molecule has 1 aromatic heterocycles.